The Morgan fingerprint density at radius 2 is 1.72 bits per heavy atom. The van der Waals surface area contributed by atoms with Crippen molar-refractivity contribution in [3.63, 3.8) is 0 Å². The molecule has 1 fully saturated rings. The van der Waals surface area contributed by atoms with Crippen LogP contribution in [0.1, 0.15) is 28.8 Å². The standard InChI is InChI=1S/C25H26N2O4S/c28-25(26-18-23-10-5-15-31-23)22-9-4-8-21(16-22)20-11-13-24(14-12-20)32(29,30)27-17-19-6-2-1-3-7-19/h1-4,6-9,11-14,16,23,27H,5,10,15,17-18H2,(H,26,28)/t23-/m0/s1. The summed E-state index contributed by atoms with van der Waals surface area (Å²) in [5, 5.41) is 2.92. The Morgan fingerprint density at radius 1 is 0.938 bits per heavy atom. The maximum absolute atomic E-state index is 12.6. The number of amides is 1. The molecule has 32 heavy (non-hydrogen) atoms. The lowest BCUT2D eigenvalue weighted by Crippen LogP contribution is -2.31. The molecule has 0 unspecified atom stereocenters. The maximum Gasteiger partial charge on any atom is 0.251 e. The van der Waals surface area contributed by atoms with E-state index in [9.17, 15) is 13.2 Å². The first-order valence-electron chi connectivity index (χ1n) is 10.7. The van der Waals surface area contributed by atoms with Crippen molar-refractivity contribution in [3.8, 4) is 11.1 Å². The minimum absolute atomic E-state index is 0.0899. The fraction of sp³-hybridized carbons (Fsp3) is 0.240. The highest BCUT2D eigenvalue weighted by Crippen LogP contribution is 2.23. The monoisotopic (exact) mass is 450 g/mol. The summed E-state index contributed by atoms with van der Waals surface area (Å²) in [6.07, 6.45) is 2.09. The van der Waals surface area contributed by atoms with Gasteiger partial charge in [0, 0.05) is 25.3 Å². The van der Waals surface area contributed by atoms with Gasteiger partial charge in [0.25, 0.3) is 5.91 Å². The van der Waals surface area contributed by atoms with Crippen molar-refractivity contribution < 1.29 is 17.9 Å². The number of benzene rings is 3. The topological polar surface area (TPSA) is 84.5 Å². The van der Waals surface area contributed by atoms with Gasteiger partial charge in [0.1, 0.15) is 0 Å². The van der Waals surface area contributed by atoms with Crippen molar-refractivity contribution in [1.29, 1.82) is 0 Å². The van der Waals surface area contributed by atoms with Crippen molar-refractivity contribution in [2.45, 2.75) is 30.4 Å². The number of hydrogen-bond acceptors (Lipinski definition) is 4. The average Bonchev–Trinajstić information content (AvgIpc) is 3.36. The molecule has 1 aliphatic rings. The third-order valence-corrected chi connectivity index (χ3v) is 6.86. The molecule has 0 radical (unpaired) electrons. The Morgan fingerprint density at radius 3 is 2.44 bits per heavy atom. The van der Waals surface area contributed by atoms with Gasteiger partial charge in [-0.05, 0) is 53.8 Å². The lowest BCUT2D eigenvalue weighted by atomic mass is 10.0. The first kappa shape index (κ1) is 22.2. The van der Waals surface area contributed by atoms with Crippen molar-refractivity contribution in [2.24, 2.45) is 0 Å². The molecule has 0 saturated carbocycles. The summed E-state index contributed by atoms with van der Waals surface area (Å²) in [6.45, 7) is 1.49. The fourth-order valence-corrected chi connectivity index (χ4v) is 4.66. The van der Waals surface area contributed by atoms with Crippen LogP contribution in [0, 0.1) is 0 Å². The summed E-state index contributed by atoms with van der Waals surface area (Å²) in [5.74, 6) is -0.147. The Hall–Kier alpha value is -3.00. The quantitative estimate of drug-likeness (QED) is 0.548. The van der Waals surface area contributed by atoms with E-state index in [0.717, 1.165) is 36.1 Å². The molecular weight excluding hydrogens is 424 g/mol. The van der Waals surface area contributed by atoms with Gasteiger partial charge in [0.2, 0.25) is 10.0 Å². The predicted octanol–water partition coefficient (Wildman–Crippen LogP) is 3.74. The molecule has 3 aromatic rings. The van der Waals surface area contributed by atoms with Crippen LogP contribution in [0.3, 0.4) is 0 Å². The van der Waals surface area contributed by atoms with Gasteiger partial charge >= 0.3 is 0 Å². The molecule has 0 bridgehead atoms. The second-order valence-electron chi connectivity index (χ2n) is 7.76. The molecule has 0 aliphatic carbocycles. The van der Waals surface area contributed by atoms with E-state index in [1.807, 2.05) is 48.5 Å². The molecule has 1 amide bonds. The van der Waals surface area contributed by atoms with E-state index in [1.165, 1.54) is 0 Å². The number of ether oxygens (including phenoxy) is 1. The highest BCUT2D eigenvalue weighted by Gasteiger charge is 2.17. The first-order chi connectivity index (χ1) is 15.5. The molecule has 1 heterocycles. The van der Waals surface area contributed by atoms with E-state index in [0.29, 0.717) is 12.1 Å². The number of nitrogens with one attached hydrogen (secondary N) is 2. The molecular formula is C25H26N2O4S. The third-order valence-electron chi connectivity index (χ3n) is 5.45. The summed E-state index contributed by atoms with van der Waals surface area (Å²) >= 11 is 0. The van der Waals surface area contributed by atoms with Gasteiger partial charge in [-0.1, -0.05) is 54.6 Å². The molecule has 0 spiro atoms. The van der Waals surface area contributed by atoms with E-state index in [-0.39, 0.29) is 23.5 Å². The smallest absolute Gasteiger partial charge is 0.251 e. The van der Waals surface area contributed by atoms with Crippen LogP contribution in [0.4, 0.5) is 0 Å². The molecule has 1 aliphatic heterocycles. The minimum atomic E-state index is -3.62. The Kier molecular flexibility index (Phi) is 6.99. The van der Waals surface area contributed by atoms with Crippen LogP contribution in [0.2, 0.25) is 0 Å². The van der Waals surface area contributed by atoms with Gasteiger partial charge in [-0.3, -0.25) is 4.79 Å². The van der Waals surface area contributed by atoms with Gasteiger partial charge in [-0.25, -0.2) is 13.1 Å². The third kappa shape index (κ3) is 5.62. The largest absolute Gasteiger partial charge is 0.376 e. The van der Waals surface area contributed by atoms with Crippen molar-refractivity contribution in [2.75, 3.05) is 13.2 Å². The number of carbonyl (C=O) groups excluding carboxylic acids is 1. The molecule has 2 N–H and O–H groups in total. The molecule has 0 aromatic heterocycles. The van der Waals surface area contributed by atoms with E-state index in [1.54, 1.807) is 30.3 Å². The average molecular weight is 451 g/mol. The van der Waals surface area contributed by atoms with Crippen molar-refractivity contribution in [1.82, 2.24) is 10.0 Å². The summed E-state index contributed by atoms with van der Waals surface area (Å²) in [6, 6.07) is 23.3. The van der Waals surface area contributed by atoms with E-state index in [4.69, 9.17) is 4.74 Å². The lowest BCUT2D eigenvalue weighted by Gasteiger charge is -2.12. The highest BCUT2D eigenvalue weighted by molar-refractivity contribution is 7.89. The molecule has 6 nitrogen and oxygen atoms in total. The van der Waals surface area contributed by atoms with Crippen LogP contribution in [0.15, 0.2) is 83.8 Å². The number of hydrogen-bond donors (Lipinski definition) is 2. The number of carbonyl (C=O) groups is 1. The van der Waals surface area contributed by atoms with Crippen molar-refractivity contribution >= 4 is 15.9 Å². The summed E-state index contributed by atoms with van der Waals surface area (Å²) in [7, 11) is -3.62. The molecule has 4 rings (SSSR count). The van der Waals surface area contributed by atoms with Crippen LogP contribution in [0.25, 0.3) is 11.1 Å². The van der Waals surface area contributed by atoms with Gasteiger partial charge < -0.3 is 10.1 Å². The second-order valence-corrected chi connectivity index (χ2v) is 9.53. The van der Waals surface area contributed by atoms with Crippen LogP contribution in [-0.4, -0.2) is 33.6 Å². The zero-order valence-corrected chi connectivity index (χ0v) is 18.5. The Bertz CT molecular complexity index is 1160. The number of rotatable bonds is 8. The highest BCUT2D eigenvalue weighted by atomic mass is 32.2. The van der Waals surface area contributed by atoms with E-state index in [2.05, 4.69) is 10.0 Å². The summed E-state index contributed by atoms with van der Waals surface area (Å²) in [5.41, 5.74) is 3.13. The Labute approximate surface area is 188 Å². The van der Waals surface area contributed by atoms with Gasteiger partial charge in [-0.2, -0.15) is 0 Å². The molecule has 3 aromatic carbocycles. The Balaban J connectivity index is 1.42. The minimum Gasteiger partial charge on any atom is -0.376 e. The van der Waals surface area contributed by atoms with Crippen LogP contribution in [-0.2, 0) is 21.3 Å². The maximum atomic E-state index is 12.6. The molecule has 7 heteroatoms. The normalized spacial score (nSPS) is 16.1. The molecule has 1 atom stereocenters. The van der Waals surface area contributed by atoms with Crippen LogP contribution in [0.5, 0.6) is 0 Å². The van der Waals surface area contributed by atoms with Gasteiger partial charge in [0.05, 0.1) is 11.0 Å². The van der Waals surface area contributed by atoms with E-state index < -0.39 is 10.0 Å². The number of sulfonamides is 1. The van der Waals surface area contributed by atoms with Crippen LogP contribution < -0.4 is 10.0 Å². The van der Waals surface area contributed by atoms with Gasteiger partial charge in [-0.15, -0.1) is 0 Å². The SMILES string of the molecule is O=C(NC[C@@H]1CCCO1)c1cccc(-c2ccc(S(=O)(=O)NCc3ccccc3)cc2)c1. The van der Waals surface area contributed by atoms with Crippen molar-refractivity contribution in [3.05, 3.63) is 90.0 Å². The fourth-order valence-electron chi connectivity index (χ4n) is 3.64. The van der Waals surface area contributed by atoms with Crippen LogP contribution >= 0.6 is 0 Å². The second kappa shape index (κ2) is 10.1. The molecule has 166 valence electrons. The molecule has 1 saturated heterocycles. The zero-order valence-electron chi connectivity index (χ0n) is 17.7. The van der Waals surface area contributed by atoms with E-state index >= 15 is 0 Å². The summed E-state index contributed by atoms with van der Waals surface area (Å²) < 4.78 is 33.4. The summed E-state index contributed by atoms with van der Waals surface area (Å²) in [4.78, 5) is 12.7. The first-order valence-corrected chi connectivity index (χ1v) is 12.1. The van der Waals surface area contributed by atoms with Gasteiger partial charge in [0.15, 0.2) is 0 Å². The lowest BCUT2D eigenvalue weighted by molar-refractivity contribution is 0.0858. The zero-order chi connectivity index (χ0) is 22.4. The predicted molar refractivity (Wildman–Crippen MR) is 124 cm³/mol.